The summed E-state index contributed by atoms with van der Waals surface area (Å²) in [6.07, 6.45) is 1.28. The molecule has 0 spiro atoms. The fourth-order valence-corrected chi connectivity index (χ4v) is 2.07. The number of hydrogen-bond donors (Lipinski definition) is 3. The zero-order valence-corrected chi connectivity index (χ0v) is 10.3. The van der Waals surface area contributed by atoms with E-state index in [1.54, 1.807) is 0 Å². The zero-order chi connectivity index (χ0) is 12.0. The number of amidine groups is 1. The first-order valence-electron chi connectivity index (χ1n) is 6.07. The van der Waals surface area contributed by atoms with Crippen LogP contribution in [-0.4, -0.2) is 48.7 Å². The monoisotopic (exact) mass is 228 g/mol. The van der Waals surface area contributed by atoms with Crippen LogP contribution in [0.15, 0.2) is 5.16 Å². The Labute approximate surface area is 97.7 Å². The van der Waals surface area contributed by atoms with E-state index in [0.29, 0.717) is 5.84 Å². The fourth-order valence-electron chi connectivity index (χ4n) is 2.07. The molecule has 5 heteroatoms. The maximum atomic E-state index is 8.51. The first-order valence-corrected chi connectivity index (χ1v) is 6.07. The van der Waals surface area contributed by atoms with Gasteiger partial charge in [0.25, 0.3) is 0 Å². The molecule has 0 aromatic heterocycles. The van der Waals surface area contributed by atoms with Gasteiger partial charge in [-0.2, -0.15) is 0 Å². The van der Waals surface area contributed by atoms with Crippen molar-refractivity contribution in [1.82, 2.24) is 10.2 Å². The summed E-state index contributed by atoms with van der Waals surface area (Å²) in [5.41, 5.74) is 5.51. The molecule has 1 heterocycles. The third-order valence-electron chi connectivity index (χ3n) is 3.32. The molecule has 1 fully saturated rings. The van der Waals surface area contributed by atoms with Gasteiger partial charge in [0, 0.05) is 19.0 Å². The van der Waals surface area contributed by atoms with Crippen molar-refractivity contribution in [2.45, 2.75) is 20.3 Å². The summed E-state index contributed by atoms with van der Waals surface area (Å²) in [7, 11) is 0. The van der Waals surface area contributed by atoms with E-state index in [2.05, 4.69) is 22.3 Å². The van der Waals surface area contributed by atoms with Gasteiger partial charge >= 0.3 is 0 Å². The summed E-state index contributed by atoms with van der Waals surface area (Å²) in [6.45, 7) is 9.53. The smallest absolute Gasteiger partial charge is 0.143 e. The number of nitrogens with zero attached hydrogens (tertiary/aromatic N) is 2. The molecular weight excluding hydrogens is 204 g/mol. The number of hydrogen-bond acceptors (Lipinski definition) is 4. The molecule has 2 atom stereocenters. The van der Waals surface area contributed by atoms with Gasteiger partial charge in [0.15, 0.2) is 0 Å². The normalized spacial score (nSPS) is 24.9. The predicted octanol–water partition coefficient (Wildman–Crippen LogP) is 0.300. The van der Waals surface area contributed by atoms with Gasteiger partial charge in [-0.15, -0.1) is 0 Å². The van der Waals surface area contributed by atoms with E-state index in [4.69, 9.17) is 10.9 Å². The largest absolute Gasteiger partial charge is 0.409 e. The van der Waals surface area contributed by atoms with Crippen LogP contribution in [0.25, 0.3) is 0 Å². The second-order valence-corrected chi connectivity index (χ2v) is 4.63. The average molecular weight is 228 g/mol. The topological polar surface area (TPSA) is 73.9 Å². The lowest BCUT2D eigenvalue weighted by atomic mass is 10.1. The third-order valence-corrected chi connectivity index (χ3v) is 3.32. The molecule has 0 bridgehead atoms. The van der Waals surface area contributed by atoms with Crippen LogP contribution in [0.3, 0.4) is 0 Å². The van der Waals surface area contributed by atoms with E-state index < -0.39 is 0 Å². The van der Waals surface area contributed by atoms with Gasteiger partial charge in [-0.3, -0.25) is 0 Å². The molecule has 0 radical (unpaired) electrons. The lowest BCUT2D eigenvalue weighted by Crippen LogP contribution is -2.34. The first kappa shape index (κ1) is 13.3. The molecule has 0 amide bonds. The lowest BCUT2D eigenvalue weighted by molar-refractivity contribution is 0.313. The Bertz CT molecular complexity index is 232. The molecular formula is C11H24N4O. The maximum absolute atomic E-state index is 8.51. The highest BCUT2D eigenvalue weighted by molar-refractivity contribution is 5.82. The second-order valence-electron chi connectivity index (χ2n) is 4.63. The SMILES string of the molecule is CCN1CCC(CNCC(C)C(N)=NO)C1. The summed E-state index contributed by atoms with van der Waals surface area (Å²) in [5.74, 6) is 1.14. The van der Waals surface area contributed by atoms with Crippen LogP contribution >= 0.6 is 0 Å². The molecule has 16 heavy (non-hydrogen) atoms. The Morgan fingerprint density at radius 1 is 1.69 bits per heavy atom. The molecule has 4 N–H and O–H groups in total. The van der Waals surface area contributed by atoms with E-state index in [1.807, 2.05) is 6.92 Å². The molecule has 1 aliphatic rings. The van der Waals surface area contributed by atoms with E-state index >= 15 is 0 Å². The van der Waals surface area contributed by atoms with Crippen LogP contribution in [0.2, 0.25) is 0 Å². The van der Waals surface area contributed by atoms with Gasteiger partial charge in [-0.25, -0.2) is 0 Å². The number of rotatable bonds is 6. The molecule has 1 rings (SSSR count). The molecule has 2 unspecified atom stereocenters. The van der Waals surface area contributed by atoms with Crippen molar-refractivity contribution in [2.75, 3.05) is 32.7 Å². The molecule has 0 aromatic rings. The number of nitrogens with two attached hydrogens (primary N) is 1. The van der Waals surface area contributed by atoms with Crippen molar-refractivity contribution < 1.29 is 5.21 Å². The summed E-state index contributed by atoms with van der Waals surface area (Å²) >= 11 is 0. The fraction of sp³-hybridized carbons (Fsp3) is 0.909. The van der Waals surface area contributed by atoms with E-state index in [0.717, 1.165) is 25.6 Å². The highest BCUT2D eigenvalue weighted by Crippen LogP contribution is 2.14. The Hall–Kier alpha value is -0.810. The van der Waals surface area contributed by atoms with Gasteiger partial charge in [-0.05, 0) is 32.0 Å². The van der Waals surface area contributed by atoms with Crippen LogP contribution < -0.4 is 11.1 Å². The highest BCUT2D eigenvalue weighted by atomic mass is 16.4. The lowest BCUT2D eigenvalue weighted by Gasteiger charge is -2.15. The molecule has 94 valence electrons. The summed E-state index contributed by atoms with van der Waals surface area (Å²) in [5, 5.41) is 14.9. The van der Waals surface area contributed by atoms with Gasteiger partial charge in [0.1, 0.15) is 5.84 Å². The quantitative estimate of drug-likeness (QED) is 0.264. The summed E-state index contributed by atoms with van der Waals surface area (Å²) in [6, 6.07) is 0. The van der Waals surface area contributed by atoms with E-state index in [-0.39, 0.29) is 5.92 Å². The Morgan fingerprint density at radius 3 is 3.00 bits per heavy atom. The number of likely N-dealkylation sites (tertiary alicyclic amines) is 1. The molecule has 0 aromatic carbocycles. The van der Waals surface area contributed by atoms with Crippen molar-refractivity contribution in [2.24, 2.45) is 22.7 Å². The maximum Gasteiger partial charge on any atom is 0.143 e. The van der Waals surface area contributed by atoms with Crippen LogP contribution in [0.5, 0.6) is 0 Å². The minimum Gasteiger partial charge on any atom is -0.409 e. The van der Waals surface area contributed by atoms with Crippen LogP contribution in [-0.2, 0) is 0 Å². The average Bonchev–Trinajstić information content (AvgIpc) is 2.75. The van der Waals surface area contributed by atoms with E-state index in [9.17, 15) is 0 Å². The van der Waals surface area contributed by atoms with E-state index in [1.165, 1.54) is 19.5 Å². The van der Waals surface area contributed by atoms with Gasteiger partial charge in [0.2, 0.25) is 0 Å². The molecule has 1 saturated heterocycles. The highest BCUT2D eigenvalue weighted by Gasteiger charge is 2.20. The van der Waals surface area contributed by atoms with Crippen molar-refractivity contribution >= 4 is 5.84 Å². The predicted molar refractivity (Wildman–Crippen MR) is 65.7 cm³/mol. The third kappa shape index (κ3) is 3.98. The van der Waals surface area contributed by atoms with Crippen molar-refractivity contribution in [3.63, 3.8) is 0 Å². The Kier molecular flexibility index (Phi) is 5.55. The minimum absolute atomic E-state index is 0.0914. The number of oxime groups is 1. The molecule has 0 saturated carbocycles. The summed E-state index contributed by atoms with van der Waals surface area (Å²) < 4.78 is 0. The van der Waals surface area contributed by atoms with Crippen LogP contribution in [0.1, 0.15) is 20.3 Å². The zero-order valence-electron chi connectivity index (χ0n) is 10.3. The second kappa shape index (κ2) is 6.70. The molecule has 0 aliphatic carbocycles. The summed E-state index contributed by atoms with van der Waals surface area (Å²) in [4.78, 5) is 2.47. The molecule has 5 nitrogen and oxygen atoms in total. The first-order chi connectivity index (χ1) is 7.67. The van der Waals surface area contributed by atoms with Gasteiger partial charge in [0.05, 0.1) is 0 Å². The van der Waals surface area contributed by atoms with Crippen LogP contribution in [0, 0.1) is 11.8 Å². The molecule has 1 aliphatic heterocycles. The Balaban J connectivity index is 2.12. The van der Waals surface area contributed by atoms with Crippen molar-refractivity contribution in [3.05, 3.63) is 0 Å². The standard InChI is InChI=1S/C11H24N4O/c1-3-15-5-4-10(8-15)7-13-6-9(2)11(12)14-16/h9-10,13,16H,3-8H2,1-2H3,(H2,12,14). The van der Waals surface area contributed by atoms with Gasteiger partial charge in [-0.1, -0.05) is 19.0 Å². The van der Waals surface area contributed by atoms with Crippen molar-refractivity contribution in [3.8, 4) is 0 Å². The van der Waals surface area contributed by atoms with Crippen molar-refractivity contribution in [1.29, 1.82) is 0 Å². The number of nitrogens with one attached hydrogen (secondary N) is 1. The minimum atomic E-state index is 0.0914. The van der Waals surface area contributed by atoms with Gasteiger partial charge < -0.3 is 21.2 Å². The van der Waals surface area contributed by atoms with Crippen LogP contribution in [0.4, 0.5) is 0 Å². The Morgan fingerprint density at radius 2 is 2.44 bits per heavy atom.